The second-order valence-electron chi connectivity index (χ2n) is 5.05. The van der Waals surface area contributed by atoms with Gasteiger partial charge in [0, 0.05) is 24.5 Å². The summed E-state index contributed by atoms with van der Waals surface area (Å²) in [5.41, 5.74) is 2.49. The van der Waals surface area contributed by atoms with E-state index in [0.29, 0.717) is 23.1 Å². The molecular weight excluding hydrogens is 326 g/mol. The Labute approximate surface area is 146 Å². The molecule has 0 saturated carbocycles. The lowest BCUT2D eigenvalue weighted by Gasteiger charge is -2.13. The van der Waals surface area contributed by atoms with Crippen LogP contribution in [-0.4, -0.2) is 28.3 Å². The molecule has 0 aliphatic heterocycles. The molecule has 0 aliphatic carbocycles. The van der Waals surface area contributed by atoms with E-state index < -0.39 is 0 Å². The van der Waals surface area contributed by atoms with Crippen LogP contribution in [0.15, 0.2) is 36.3 Å². The van der Waals surface area contributed by atoms with Crippen LogP contribution >= 0.6 is 11.6 Å². The van der Waals surface area contributed by atoms with Gasteiger partial charge in [0.2, 0.25) is 5.88 Å². The summed E-state index contributed by atoms with van der Waals surface area (Å²) in [6, 6.07) is 3.52. The van der Waals surface area contributed by atoms with Crippen LogP contribution in [0.4, 0.5) is 5.82 Å². The van der Waals surface area contributed by atoms with Crippen molar-refractivity contribution in [2.75, 3.05) is 12.4 Å². The molecule has 0 radical (unpaired) electrons. The number of nitrogens with one attached hydrogen (secondary N) is 2. The van der Waals surface area contributed by atoms with Gasteiger partial charge in [-0.25, -0.2) is 9.97 Å². The zero-order chi connectivity index (χ0) is 17.4. The summed E-state index contributed by atoms with van der Waals surface area (Å²) in [7, 11) is 1.57. The lowest BCUT2D eigenvalue weighted by atomic mass is 10.1. The predicted molar refractivity (Wildman–Crippen MR) is 96.0 cm³/mol. The average molecular weight is 346 g/mol. The van der Waals surface area contributed by atoms with E-state index in [9.17, 15) is 0 Å². The fourth-order valence-electron chi connectivity index (χ4n) is 2.17. The Kier molecular flexibility index (Phi) is 6.69. The van der Waals surface area contributed by atoms with E-state index in [0.717, 1.165) is 29.9 Å². The predicted octanol–water partition coefficient (Wildman–Crippen LogP) is 3.67. The number of allylic oxidation sites excluding steroid dienone is 2. The molecule has 0 saturated heterocycles. The van der Waals surface area contributed by atoms with Crippen molar-refractivity contribution in [3.8, 4) is 5.88 Å². The van der Waals surface area contributed by atoms with Gasteiger partial charge in [0.15, 0.2) is 0 Å². The summed E-state index contributed by atoms with van der Waals surface area (Å²) in [6.07, 6.45) is 8.40. The third kappa shape index (κ3) is 4.76. The molecule has 6 nitrogen and oxygen atoms in total. The zero-order valence-electron chi connectivity index (χ0n) is 13.7. The number of halogens is 1. The summed E-state index contributed by atoms with van der Waals surface area (Å²) in [6.45, 7) is 2.09. The number of ether oxygens (including phenoxy) is 1. The van der Waals surface area contributed by atoms with Crippen molar-refractivity contribution in [1.29, 1.82) is 5.41 Å². The molecule has 0 bridgehead atoms. The average Bonchev–Trinajstić information content (AvgIpc) is 2.59. The smallest absolute Gasteiger partial charge is 0.232 e. The molecule has 2 aromatic heterocycles. The minimum absolute atomic E-state index is 0.495. The van der Waals surface area contributed by atoms with Crippen molar-refractivity contribution >= 4 is 23.6 Å². The first-order valence-electron chi connectivity index (χ1n) is 7.63. The Balaban J connectivity index is 2.26. The van der Waals surface area contributed by atoms with Crippen molar-refractivity contribution in [3.05, 3.63) is 52.7 Å². The summed E-state index contributed by atoms with van der Waals surface area (Å²) >= 11 is 6.14. The van der Waals surface area contributed by atoms with Crippen LogP contribution < -0.4 is 10.1 Å². The van der Waals surface area contributed by atoms with Gasteiger partial charge in [-0.2, -0.15) is 0 Å². The zero-order valence-corrected chi connectivity index (χ0v) is 14.5. The fraction of sp³-hybridized carbons (Fsp3) is 0.294. The van der Waals surface area contributed by atoms with Gasteiger partial charge < -0.3 is 15.5 Å². The van der Waals surface area contributed by atoms with E-state index in [-0.39, 0.29) is 0 Å². The fourth-order valence-corrected chi connectivity index (χ4v) is 2.34. The van der Waals surface area contributed by atoms with Crippen molar-refractivity contribution in [2.24, 2.45) is 0 Å². The lowest BCUT2D eigenvalue weighted by molar-refractivity contribution is 0.393. The molecule has 2 N–H and O–H groups in total. The second kappa shape index (κ2) is 8.98. The van der Waals surface area contributed by atoms with Crippen LogP contribution in [0.2, 0.25) is 5.02 Å². The monoisotopic (exact) mass is 345 g/mol. The SMILES string of the molecule is CCCc1nc(OC)cnc1C/C(=C/C=N)Nc1ncccc1Cl. The van der Waals surface area contributed by atoms with Crippen LogP contribution in [0.3, 0.4) is 0 Å². The van der Waals surface area contributed by atoms with Crippen LogP contribution in [0.25, 0.3) is 0 Å². The Morgan fingerprint density at radius 2 is 2.21 bits per heavy atom. The Morgan fingerprint density at radius 1 is 1.38 bits per heavy atom. The van der Waals surface area contributed by atoms with E-state index in [1.807, 2.05) is 0 Å². The molecule has 7 heteroatoms. The topological polar surface area (TPSA) is 83.8 Å². The highest BCUT2D eigenvalue weighted by Crippen LogP contribution is 2.21. The normalized spacial score (nSPS) is 11.2. The summed E-state index contributed by atoms with van der Waals surface area (Å²) in [5.74, 6) is 1.05. The standard InChI is InChI=1S/C17H20ClN5O/c1-3-5-14-15(21-11-16(23-14)24-2)10-12(7-8-19)22-17-13(18)6-4-9-20-17/h4,6-9,11,19H,3,5,10H2,1-2H3,(H,20,22)/b12-7-,19-8?. The number of rotatable bonds is 8. The van der Waals surface area contributed by atoms with Crippen LogP contribution in [0, 0.1) is 5.41 Å². The van der Waals surface area contributed by atoms with Crippen molar-refractivity contribution in [2.45, 2.75) is 26.2 Å². The van der Waals surface area contributed by atoms with E-state index in [1.54, 1.807) is 37.7 Å². The van der Waals surface area contributed by atoms with Gasteiger partial charge in [-0.1, -0.05) is 24.9 Å². The van der Waals surface area contributed by atoms with E-state index in [2.05, 4.69) is 27.2 Å². The lowest BCUT2D eigenvalue weighted by Crippen LogP contribution is -2.10. The number of anilines is 1. The van der Waals surface area contributed by atoms with E-state index in [1.165, 1.54) is 6.21 Å². The number of aryl methyl sites for hydroxylation is 1. The number of methoxy groups -OCH3 is 1. The van der Waals surface area contributed by atoms with Gasteiger partial charge in [-0.05, 0) is 24.6 Å². The van der Waals surface area contributed by atoms with Crippen LogP contribution in [0.1, 0.15) is 24.7 Å². The second-order valence-corrected chi connectivity index (χ2v) is 5.46. The molecule has 0 unspecified atom stereocenters. The van der Waals surface area contributed by atoms with Gasteiger partial charge in [0.25, 0.3) is 0 Å². The van der Waals surface area contributed by atoms with Crippen molar-refractivity contribution in [1.82, 2.24) is 15.0 Å². The Hall–Kier alpha value is -2.47. The summed E-state index contributed by atoms with van der Waals surface area (Å²) in [5, 5.41) is 11.0. The van der Waals surface area contributed by atoms with E-state index in [4.69, 9.17) is 21.7 Å². The molecule has 0 spiro atoms. The van der Waals surface area contributed by atoms with Crippen molar-refractivity contribution in [3.63, 3.8) is 0 Å². The minimum atomic E-state index is 0.495. The molecule has 2 aromatic rings. The number of pyridine rings is 1. The molecule has 0 amide bonds. The molecule has 2 heterocycles. The number of aromatic nitrogens is 3. The maximum atomic E-state index is 7.37. The quantitative estimate of drug-likeness (QED) is 0.713. The summed E-state index contributed by atoms with van der Waals surface area (Å²) < 4.78 is 5.15. The highest BCUT2D eigenvalue weighted by molar-refractivity contribution is 6.32. The third-order valence-electron chi connectivity index (χ3n) is 3.28. The molecule has 0 atom stereocenters. The van der Waals surface area contributed by atoms with Gasteiger partial charge in [0.1, 0.15) is 5.82 Å². The van der Waals surface area contributed by atoms with Gasteiger partial charge in [0.05, 0.1) is 29.7 Å². The first-order chi connectivity index (χ1) is 11.7. The van der Waals surface area contributed by atoms with Crippen molar-refractivity contribution < 1.29 is 4.74 Å². The molecule has 24 heavy (non-hydrogen) atoms. The van der Waals surface area contributed by atoms with E-state index >= 15 is 0 Å². The number of hydrogen-bond acceptors (Lipinski definition) is 6. The first-order valence-corrected chi connectivity index (χ1v) is 8.01. The van der Waals surface area contributed by atoms with Gasteiger partial charge in [-0.15, -0.1) is 0 Å². The summed E-state index contributed by atoms with van der Waals surface area (Å²) in [4.78, 5) is 13.2. The maximum Gasteiger partial charge on any atom is 0.232 e. The van der Waals surface area contributed by atoms with Crippen LogP contribution in [0.5, 0.6) is 5.88 Å². The minimum Gasteiger partial charge on any atom is -0.480 e. The highest BCUT2D eigenvalue weighted by atomic mass is 35.5. The Morgan fingerprint density at radius 3 is 2.88 bits per heavy atom. The maximum absolute atomic E-state index is 7.37. The molecule has 2 rings (SSSR count). The largest absolute Gasteiger partial charge is 0.480 e. The number of hydrogen-bond donors (Lipinski definition) is 2. The van der Waals surface area contributed by atoms with Crippen LogP contribution in [-0.2, 0) is 12.8 Å². The third-order valence-corrected chi connectivity index (χ3v) is 3.59. The molecule has 126 valence electrons. The number of nitrogens with zero attached hydrogens (tertiary/aromatic N) is 3. The van der Waals surface area contributed by atoms with Gasteiger partial charge in [-0.3, -0.25) is 4.98 Å². The first kappa shape index (κ1) is 17.9. The molecule has 0 fully saturated rings. The molecule has 0 aromatic carbocycles. The Bertz CT molecular complexity index is 733. The molecular formula is C17H20ClN5O. The highest BCUT2D eigenvalue weighted by Gasteiger charge is 2.11. The molecule has 0 aliphatic rings. The van der Waals surface area contributed by atoms with Gasteiger partial charge >= 0.3 is 0 Å².